The van der Waals surface area contributed by atoms with E-state index in [1.165, 1.54) is 6.07 Å². The van der Waals surface area contributed by atoms with E-state index in [9.17, 15) is 9.59 Å². The van der Waals surface area contributed by atoms with Gasteiger partial charge in [0.15, 0.2) is 0 Å². The normalized spacial score (nSPS) is 10.8. The van der Waals surface area contributed by atoms with Crippen LogP contribution in [0.5, 0.6) is 0 Å². The lowest BCUT2D eigenvalue weighted by atomic mass is 9.99. The Labute approximate surface area is 241 Å². The standard InChI is InChI=1S/C35H36O6/c1-27-14-16-30(17-15-27)31-22-32(34(36)40-20-8-18-38-25-28-10-4-2-5-11-28)24-33(23-31)35(37)41-21-9-19-39-26-29-12-6-3-7-13-29/h2-7,10-17,22-24H,8-9,18-21,25-26H2,1H3. The molecule has 0 aliphatic heterocycles. The van der Waals surface area contributed by atoms with Gasteiger partial charge in [-0.2, -0.15) is 0 Å². The summed E-state index contributed by atoms with van der Waals surface area (Å²) in [5.74, 6) is -0.990. The lowest BCUT2D eigenvalue weighted by molar-refractivity contribution is 0.0434. The van der Waals surface area contributed by atoms with Crippen LogP contribution in [0.25, 0.3) is 11.1 Å². The molecule has 6 heteroatoms. The van der Waals surface area contributed by atoms with E-state index in [0.717, 1.165) is 27.8 Å². The minimum Gasteiger partial charge on any atom is -0.462 e. The predicted molar refractivity (Wildman–Crippen MR) is 159 cm³/mol. The minimum atomic E-state index is -0.495. The molecule has 0 saturated carbocycles. The molecule has 4 rings (SSSR count). The average Bonchev–Trinajstić information content (AvgIpc) is 3.01. The zero-order chi connectivity index (χ0) is 28.7. The van der Waals surface area contributed by atoms with Crippen LogP contribution in [-0.2, 0) is 32.2 Å². The highest BCUT2D eigenvalue weighted by Crippen LogP contribution is 2.24. The average molecular weight is 553 g/mol. The van der Waals surface area contributed by atoms with Crippen LogP contribution in [0, 0.1) is 6.92 Å². The first kappa shape index (κ1) is 29.7. The second kappa shape index (κ2) is 16.1. The molecule has 212 valence electrons. The Morgan fingerprint density at radius 3 is 1.46 bits per heavy atom. The SMILES string of the molecule is Cc1ccc(-c2cc(C(=O)OCCCOCc3ccccc3)cc(C(=O)OCCCOCc3ccccc3)c2)cc1. The number of hydrogen-bond donors (Lipinski definition) is 0. The first-order valence-corrected chi connectivity index (χ1v) is 13.9. The van der Waals surface area contributed by atoms with Crippen LogP contribution < -0.4 is 0 Å². The molecule has 4 aromatic rings. The van der Waals surface area contributed by atoms with E-state index in [1.807, 2.05) is 91.9 Å². The van der Waals surface area contributed by atoms with Gasteiger partial charge in [0.2, 0.25) is 0 Å². The van der Waals surface area contributed by atoms with Crippen LogP contribution in [0.1, 0.15) is 50.2 Å². The second-order valence-corrected chi connectivity index (χ2v) is 9.72. The molecule has 0 aromatic heterocycles. The van der Waals surface area contributed by atoms with Crippen molar-refractivity contribution in [3.63, 3.8) is 0 Å². The van der Waals surface area contributed by atoms with E-state index in [1.54, 1.807) is 12.1 Å². The Morgan fingerprint density at radius 1 is 0.537 bits per heavy atom. The quantitative estimate of drug-likeness (QED) is 0.115. The van der Waals surface area contributed by atoms with E-state index in [0.29, 0.717) is 50.4 Å². The third kappa shape index (κ3) is 10.0. The largest absolute Gasteiger partial charge is 0.462 e. The predicted octanol–water partition coefficient (Wildman–Crippen LogP) is 7.19. The molecule has 0 heterocycles. The van der Waals surface area contributed by atoms with E-state index in [-0.39, 0.29) is 13.2 Å². The van der Waals surface area contributed by atoms with Crippen molar-refractivity contribution in [1.82, 2.24) is 0 Å². The van der Waals surface area contributed by atoms with Gasteiger partial charge in [0.1, 0.15) is 0 Å². The third-order valence-electron chi connectivity index (χ3n) is 6.34. The van der Waals surface area contributed by atoms with Gasteiger partial charge in [-0.15, -0.1) is 0 Å². The number of rotatable bonds is 15. The molecule has 4 aromatic carbocycles. The van der Waals surface area contributed by atoms with E-state index >= 15 is 0 Å². The Balaban J connectivity index is 1.30. The van der Waals surface area contributed by atoms with Crippen LogP contribution in [0.3, 0.4) is 0 Å². The van der Waals surface area contributed by atoms with E-state index in [4.69, 9.17) is 18.9 Å². The molecule has 0 atom stereocenters. The lowest BCUT2D eigenvalue weighted by Gasteiger charge is -2.11. The van der Waals surface area contributed by atoms with Crippen molar-refractivity contribution in [2.24, 2.45) is 0 Å². The summed E-state index contributed by atoms with van der Waals surface area (Å²) in [6.45, 7) is 4.40. The van der Waals surface area contributed by atoms with Gasteiger partial charge in [-0.3, -0.25) is 0 Å². The first-order chi connectivity index (χ1) is 20.1. The fourth-order valence-corrected chi connectivity index (χ4v) is 4.12. The maximum absolute atomic E-state index is 12.9. The number of carbonyl (C=O) groups is 2. The number of benzene rings is 4. The Hall–Kier alpha value is -4.26. The zero-order valence-corrected chi connectivity index (χ0v) is 23.4. The second-order valence-electron chi connectivity index (χ2n) is 9.72. The molecule has 0 bridgehead atoms. The molecule has 0 fully saturated rings. The topological polar surface area (TPSA) is 71.1 Å². The first-order valence-electron chi connectivity index (χ1n) is 13.9. The van der Waals surface area contributed by atoms with Crippen molar-refractivity contribution in [1.29, 1.82) is 0 Å². The zero-order valence-electron chi connectivity index (χ0n) is 23.4. The number of aryl methyl sites for hydroxylation is 1. The summed E-state index contributed by atoms with van der Waals surface area (Å²) in [5, 5.41) is 0. The van der Waals surface area contributed by atoms with Crippen molar-refractivity contribution >= 4 is 11.9 Å². The minimum absolute atomic E-state index is 0.213. The smallest absolute Gasteiger partial charge is 0.338 e. The Bertz CT molecular complexity index is 1290. The molecule has 0 spiro atoms. The van der Waals surface area contributed by atoms with Gasteiger partial charge in [0.25, 0.3) is 0 Å². The Kier molecular flexibility index (Phi) is 11.7. The fourth-order valence-electron chi connectivity index (χ4n) is 4.12. The third-order valence-corrected chi connectivity index (χ3v) is 6.34. The molecule has 0 aliphatic carbocycles. The van der Waals surface area contributed by atoms with Crippen LogP contribution in [0.2, 0.25) is 0 Å². The summed E-state index contributed by atoms with van der Waals surface area (Å²) in [6.07, 6.45) is 1.13. The van der Waals surface area contributed by atoms with Crippen LogP contribution in [0.15, 0.2) is 103 Å². The number of esters is 2. The van der Waals surface area contributed by atoms with Crippen LogP contribution in [-0.4, -0.2) is 38.4 Å². The van der Waals surface area contributed by atoms with Crippen molar-refractivity contribution < 1.29 is 28.5 Å². The molecular formula is C35H36O6. The molecule has 0 radical (unpaired) electrons. The van der Waals surface area contributed by atoms with E-state index in [2.05, 4.69) is 0 Å². The van der Waals surface area contributed by atoms with Crippen molar-refractivity contribution in [2.45, 2.75) is 33.0 Å². The monoisotopic (exact) mass is 552 g/mol. The van der Waals surface area contributed by atoms with Crippen molar-refractivity contribution in [3.8, 4) is 11.1 Å². The summed E-state index contributed by atoms with van der Waals surface area (Å²) in [6, 6.07) is 32.7. The summed E-state index contributed by atoms with van der Waals surface area (Å²) in [7, 11) is 0. The van der Waals surface area contributed by atoms with Gasteiger partial charge in [-0.25, -0.2) is 9.59 Å². The summed E-state index contributed by atoms with van der Waals surface area (Å²) >= 11 is 0. The van der Waals surface area contributed by atoms with E-state index < -0.39 is 11.9 Å². The van der Waals surface area contributed by atoms with Crippen LogP contribution >= 0.6 is 0 Å². The van der Waals surface area contributed by atoms with Gasteiger partial charge in [0.05, 0.1) is 50.8 Å². The highest BCUT2D eigenvalue weighted by Gasteiger charge is 2.16. The highest BCUT2D eigenvalue weighted by atomic mass is 16.5. The van der Waals surface area contributed by atoms with Crippen molar-refractivity contribution in [2.75, 3.05) is 26.4 Å². The molecule has 0 aliphatic rings. The number of hydrogen-bond acceptors (Lipinski definition) is 6. The summed E-state index contributed by atoms with van der Waals surface area (Å²) in [5.41, 5.74) is 5.53. The molecular weight excluding hydrogens is 516 g/mol. The maximum atomic E-state index is 12.9. The molecule has 0 N–H and O–H groups in total. The Morgan fingerprint density at radius 2 is 1.00 bits per heavy atom. The maximum Gasteiger partial charge on any atom is 0.338 e. The number of ether oxygens (including phenoxy) is 4. The van der Waals surface area contributed by atoms with Gasteiger partial charge in [0, 0.05) is 12.8 Å². The highest BCUT2D eigenvalue weighted by molar-refractivity contribution is 5.97. The lowest BCUT2D eigenvalue weighted by Crippen LogP contribution is -2.12. The molecule has 41 heavy (non-hydrogen) atoms. The van der Waals surface area contributed by atoms with Gasteiger partial charge in [-0.1, -0.05) is 90.5 Å². The van der Waals surface area contributed by atoms with Gasteiger partial charge < -0.3 is 18.9 Å². The molecule has 0 amide bonds. The number of carbonyl (C=O) groups excluding carboxylic acids is 2. The molecule has 0 unspecified atom stereocenters. The van der Waals surface area contributed by atoms with Crippen LogP contribution in [0.4, 0.5) is 0 Å². The summed E-state index contributed by atoms with van der Waals surface area (Å²) < 4.78 is 22.3. The summed E-state index contributed by atoms with van der Waals surface area (Å²) in [4.78, 5) is 25.9. The van der Waals surface area contributed by atoms with Gasteiger partial charge in [-0.05, 0) is 47.4 Å². The molecule has 0 saturated heterocycles. The van der Waals surface area contributed by atoms with Gasteiger partial charge >= 0.3 is 11.9 Å². The fraction of sp³-hybridized carbons (Fsp3) is 0.257. The van der Waals surface area contributed by atoms with Crippen molar-refractivity contribution in [3.05, 3.63) is 131 Å². The molecule has 6 nitrogen and oxygen atoms in total.